The van der Waals surface area contributed by atoms with Gasteiger partial charge < -0.3 is 15.5 Å². The molecule has 192 valence electrons. The fourth-order valence-corrected chi connectivity index (χ4v) is 6.45. The maximum Gasteiger partial charge on any atom is 0.257 e. The number of hydrogen-bond donors (Lipinski definition) is 2. The third kappa shape index (κ3) is 4.69. The van der Waals surface area contributed by atoms with Gasteiger partial charge in [0.05, 0.1) is 27.6 Å². The first-order valence-electron chi connectivity index (χ1n) is 11.5. The van der Waals surface area contributed by atoms with Crippen molar-refractivity contribution in [3.63, 3.8) is 0 Å². The number of sulfone groups is 1. The lowest BCUT2D eigenvalue weighted by molar-refractivity contribution is 0.0827. The van der Waals surface area contributed by atoms with E-state index in [0.717, 1.165) is 15.4 Å². The van der Waals surface area contributed by atoms with Gasteiger partial charge in [-0.15, -0.1) is 11.3 Å². The van der Waals surface area contributed by atoms with E-state index in [9.17, 15) is 22.8 Å². The highest BCUT2D eigenvalue weighted by molar-refractivity contribution is 7.91. The Labute approximate surface area is 223 Å². The van der Waals surface area contributed by atoms with E-state index in [2.05, 4.69) is 15.6 Å². The second-order valence-electron chi connectivity index (χ2n) is 8.76. The minimum Gasteiger partial charge on any atom is -0.347 e. The molecule has 1 aliphatic rings. The molecule has 0 unspecified atom stereocenters. The minimum atomic E-state index is -3.95. The van der Waals surface area contributed by atoms with E-state index >= 15 is 0 Å². The van der Waals surface area contributed by atoms with E-state index in [0.29, 0.717) is 5.56 Å². The number of anilines is 1. The number of nitrogens with one attached hydrogen (secondary N) is 2. The third-order valence-electron chi connectivity index (χ3n) is 5.96. The van der Waals surface area contributed by atoms with E-state index in [1.807, 2.05) is 12.1 Å². The summed E-state index contributed by atoms with van der Waals surface area (Å²) in [6.07, 6.45) is 1.67. The number of fused-ring (bicyclic) bond motifs is 2. The lowest BCUT2D eigenvalue weighted by Crippen LogP contribution is -2.22. The van der Waals surface area contributed by atoms with Crippen molar-refractivity contribution < 1.29 is 22.8 Å². The highest BCUT2D eigenvalue weighted by Crippen LogP contribution is 2.34. The molecule has 0 radical (unpaired) electrons. The number of amides is 3. The Balaban J connectivity index is 1.30. The summed E-state index contributed by atoms with van der Waals surface area (Å²) >= 11 is 1.40. The first-order chi connectivity index (χ1) is 18.1. The van der Waals surface area contributed by atoms with E-state index in [4.69, 9.17) is 0 Å². The molecule has 0 bridgehead atoms. The first-order valence-corrected chi connectivity index (χ1v) is 13.8. The summed E-state index contributed by atoms with van der Waals surface area (Å²) < 4.78 is 26.3. The highest BCUT2D eigenvalue weighted by atomic mass is 32.2. The summed E-state index contributed by atoms with van der Waals surface area (Å²) in [5, 5.41) is 6.17. The van der Waals surface area contributed by atoms with Crippen molar-refractivity contribution in [2.75, 3.05) is 19.4 Å². The Morgan fingerprint density at radius 1 is 0.974 bits per heavy atom. The summed E-state index contributed by atoms with van der Waals surface area (Å²) in [7, 11) is -0.557. The van der Waals surface area contributed by atoms with E-state index in [1.165, 1.54) is 46.6 Å². The smallest absolute Gasteiger partial charge is 0.257 e. The van der Waals surface area contributed by atoms with Crippen LogP contribution in [0.3, 0.4) is 0 Å². The molecule has 9 nitrogen and oxygen atoms in total. The van der Waals surface area contributed by atoms with Crippen LogP contribution in [0.5, 0.6) is 0 Å². The SMILES string of the molecule is CN(C)C(=O)c1ccc(-c2ncc(CNC(=O)c3ccc4c(c3)NC(=O)c3ccccc3S4(=O)=O)s2)cc1. The topological polar surface area (TPSA) is 126 Å². The van der Waals surface area contributed by atoms with Gasteiger partial charge in [0.15, 0.2) is 0 Å². The van der Waals surface area contributed by atoms with Crippen LogP contribution >= 0.6 is 11.3 Å². The molecule has 11 heteroatoms. The average molecular weight is 547 g/mol. The minimum absolute atomic E-state index is 0.0506. The summed E-state index contributed by atoms with van der Waals surface area (Å²) in [4.78, 5) is 44.2. The van der Waals surface area contributed by atoms with Crippen molar-refractivity contribution in [3.05, 3.63) is 94.5 Å². The van der Waals surface area contributed by atoms with Gasteiger partial charge in [0.1, 0.15) is 5.01 Å². The summed E-state index contributed by atoms with van der Waals surface area (Å²) in [6.45, 7) is 0.209. The van der Waals surface area contributed by atoms with Crippen LogP contribution in [0.25, 0.3) is 10.6 Å². The maximum absolute atomic E-state index is 13.1. The molecule has 1 aromatic heterocycles. The summed E-state index contributed by atoms with van der Waals surface area (Å²) in [5.41, 5.74) is 1.74. The Morgan fingerprint density at radius 2 is 1.68 bits per heavy atom. The lowest BCUT2D eigenvalue weighted by atomic mass is 10.1. The number of carbonyl (C=O) groups excluding carboxylic acids is 3. The van der Waals surface area contributed by atoms with Crippen molar-refractivity contribution in [2.24, 2.45) is 0 Å². The van der Waals surface area contributed by atoms with Crippen LogP contribution in [-0.4, -0.2) is 50.1 Å². The number of benzene rings is 3. The van der Waals surface area contributed by atoms with Crippen LogP contribution in [0.2, 0.25) is 0 Å². The van der Waals surface area contributed by atoms with Gasteiger partial charge in [0, 0.05) is 41.9 Å². The fourth-order valence-electron chi connectivity index (χ4n) is 4.01. The maximum atomic E-state index is 13.1. The number of thiazole rings is 1. The molecular formula is C27H22N4O5S2. The van der Waals surface area contributed by atoms with Crippen molar-refractivity contribution in [1.82, 2.24) is 15.2 Å². The molecule has 0 saturated carbocycles. The second kappa shape index (κ2) is 9.84. The molecule has 0 fully saturated rings. The second-order valence-corrected chi connectivity index (χ2v) is 11.8. The molecule has 2 N–H and O–H groups in total. The van der Waals surface area contributed by atoms with Gasteiger partial charge in [-0.2, -0.15) is 0 Å². The highest BCUT2D eigenvalue weighted by Gasteiger charge is 2.31. The van der Waals surface area contributed by atoms with Crippen LogP contribution < -0.4 is 10.6 Å². The standard InChI is InChI=1S/C27H22N4O5S2/c1-31(2)27(34)17-9-7-16(8-10-17)26-29-15-19(37-26)14-28-24(32)18-11-12-23-21(13-18)30-25(33)20-5-3-4-6-22(20)38(23,35)36/h3-13,15H,14H2,1-2H3,(H,28,32)(H,30,33). The number of carbonyl (C=O) groups is 3. The van der Waals surface area contributed by atoms with Gasteiger partial charge in [0.2, 0.25) is 9.84 Å². The predicted octanol–water partition coefficient (Wildman–Crippen LogP) is 3.84. The van der Waals surface area contributed by atoms with Gasteiger partial charge in [-0.05, 0) is 42.5 Å². The van der Waals surface area contributed by atoms with Gasteiger partial charge in [-0.1, -0.05) is 24.3 Å². The van der Waals surface area contributed by atoms with Gasteiger partial charge in [-0.3, -0.25) is 14.4 Å². The Morgan fingerprint density at radius 3 is 2.42 bits per heavy atom. The first kappa shape index (κ1) is 25.3. The zero-order valence-corrected chi connectivity index (χ0v) is 22.0. The number of aromatic nitrogens is 1. The Hall–Kier alpha value is -4.35. The number of nitrogens with zero attached hydrogens (tertiary/aromatic N) is 2. The monoisotopic (exact) mass is 546 g/mol. The quantitative estimate of drug-likeness (QED) is 0.392. The van der Waals surface area contributed by atoms with Crippen molar-refractivity contribution in [3.8, 4) is 10.6 Å². The Kier molecular flexibility index (Phi) is 6.55. The van der Waals surface area contributed by atoms with Crippen LogP contribution in [0, 0.1) is 0 Å². The predicted molar refractivity (Wildman–Crippen MR) is 143 cm³/mol. The van der Waals surface area contributed by atoms with Crippen LogP contribution in [0.15, 0.2) is 82.7 Å². The van der Waals surface area contributed by atoms with Gasteiger partial charge >= 0.3 is 0 Å². The normalized spacial score (nSPS) is 13.5. The van der Waals surface area contributed by atoms with Crippen molar-refractivity contribution in [2.45, 2.75) is 16.3 Å². The van der Waals surface area contributed by atoms with Crippen LogP contribution in [0.1, 0.15) is 36.0 Å². The van der Waals surface area contributed by atoms with Crippen molar-refractivity contribution >= 4 is 44.6 Å². The van der Waals surface area contributed by atoms with E-state index < -0.39 is 21.7 Å². The van der Waals surface area contributed by atoms with Crippen molar-refractivity contribution in [1.29, 1.82) is 0 Å². The van der Waals surface area contributed by atoms with E-state index in [-0.39, 0.29) is 39.1 Å². The zero-order chi connectivity index (χ0) is 27.0. The molecule has 0 aliphatic carbocycles. The van der Waals surface area contributed by atoms with Crippen LogP contribution in [0.4, 0.5) is 5.69 Å². The summed E-state index contributed by atoms with van der Waals surface area (Å²) in [5.74, 6) is -1.07. The molecular weight excluding hydrogens is 524 g/mol. The van der Waals surface area contributed by atoms with Gasteiger partial charge in [0.25, 0.3) is 17.7 Å². The van der Waals surface area contributed by atoms with Crippen LogP contribution in [-0.2, 0) is 16.4 Å². The largest absolute Gasteiger partial charge is 0.347 e. The van der Waals surface area contributed by atoms with E-state index in [1.54, 1.807) is 44.6 Å². The lowest BCUT2D eigenvalue weighted by Gasteiger charge is -2.10. The molecule has 0 saturated heterocycles. The molecule has 2 heterocycles. The zero-order valence-electron chi connectivity index (χ0n) is 20.4. The average Bonchev–Trinajstić information content (AvgIpc) is 3.37. The molecule has 0 atom stereocenters. The molecule has 0 spiro atoms. The molecule has 4 aromatic rings. The molecule has 3 aromatic carbocycles. The summed E-state index contributed by atoms with van der Waals surface area (Å²) in [6, 6.07) is 17.2. The Bertz CT molecular complexity index is 1690. The number of hydrogen-bond acceptors (Lipinski definition) is 7. The van der Waals surface area contributed by atoms with Gasteiger partial charge in [-0.25, -0.2) is 13.4 Å². The fraction of sp³-hybridized carbons (Fsp3) is 0.111. The third-order valence-corrected chi connectivity index (χ3v) is 8.88. The molecule has 5 rings (SSSR count). The molecule has 3 amide bonds. The molecule has 38 heavy (non-hydrogen) atoms. The number of rotatable bonds is 5. The molecule has 1 aliphatic heterocycles.